The van der Waals surface area contributed by atoms with Crippen LogP contribution in [0.25, 0.3) is 0 Å². The third kappa shape index (κ3) is 3.78. The molecule has 1 aromatic carbocycles. The van der Waals surface area contributed by atoms with E-state index in [4.69, 9.17) is 0 Å². The van der Waals surface area contributed by atoms with Crippen molar-refractivity contribution < 1.29 is 4.79 Å². The van der Waals surface area contributed by atoms with Crippen LogP contribution in [0.4, 0.5) is 0 Å². The van der Waals surface area contributed by atoms with Gasteiger partial charge in [-0.25, -0.2) is 0 Å². The highest BCUT2D eigenvalue weighted by Crippen LogP contribution is 2.09. The van der Waals surface area contributed by atoms with E-state index in [-0.39, 0.29) is 11.3 Å². The standard InChI is InChI=1S/C14H17NO/c1-11-7-5-6-8-12(11)13(16)15-10-9-14(2,3)4/h5-8H,1-4H3,(H,15,16). The fourth-order valence-electron chi connectivity index (χ4n) is 1.17. The molecule has 84 valence electrons. The fraction of sp³-hybridized carbons (Fsp3) is 0.357. The van der Waals surface area contributed by atoms with Gasteiger partial charge < -0.3 is 0 Å². The smallest absolute Gasteiger partial charge is 0.262 e. The van der Waals surface area contributed by atoms with Crippen molar-refractivity contribution in [3.63, 3.8) is 0 Å². The minimum Gasteiger partial charge on any atom is -0.281 e. The maximum atomic E-state index is 11.7. The molecule has 0 heterocycles. The third-order valence-corrected chi connectivity index (χ3v) is 2.00. The Kier molecular flexibility index (Phi) is 3.73. The summed E-state index contributed by atoms with van der Waals surface area (Å²) in [5.74, 6) is 2.82. The van der Waals surface area contributed by atoms with Crippen molar-refractivity contribution in [2.24, 2.45) is 5.41 Å². The van der Waals surface area contributed by atoms with Gasteiger partial charge in [0.05, 0.1) is 0 Å². The van der Waals surface area contributed by atoms with Gasteiger partial charge in [0.25, 0.3) is 5.91 Å². The van der Waals surface area contributed by atoms with Crippen LogP contribution < -0.4 is 5.32 Å². The summed E-state index contributed by atoms with van der Waals surface area (Å²) in [6, 6.07) is 10.2. The number of nitrogens with one attached hydrogen (secondary N) is 1. The van der Waals surface area contributed by atoms with Crippen LogP contribution in [0.1, 0.15) is 36.7 Å². The molecule has 1 rings (SSSR count). The zero-order valence-electron chi connectivity index (χ0n) is 10.2. The quantitative estimate of drug-likeness (QED) is 0.566. The largest absolute Gasteiger partial charge is 0.281 e. The maximum Gasteiger partial charge on any atom is 0.262 e. The average molecular weight is 215 g/mol. The summed E-state index contributed by atoms with van der Waals surface area (Å²) in [5, 5.41) is 2.60. The first kappa shape index (κ1) is 12.3. The first-order chi connectivity index (χ1) is 7.40. The summed E-state index contributed by atoms with van der Waals surface area (Å²) in [4.78, 5) is 11.7. The van der Waals surface area contributed by atoms with Crippen molar-refractivity contribution in [1.29, 1.82) is 0 Å². The molecule has 1 N–H and O–H groups in total. The molecule has 0 aromatic heterocycles. The van der Waals surface area contributed by atoms with E-state index in [0.29, 0.717) is 5.56 Å². The second-order valence-electron chi connectivity index (χ2n) is 4.77. The van der Waals surface area contributed by atoms with Gasteiger partial charge in [0.15, 0.2) is 0 Å². The van der Waals surface area contributed by atoms with Crippen LogP contribution in [-0.4, -0.2) is 5.91 Å². The van der Waals surface area contributed by atoms with Crippen molar-refractivity contribution >= 4 is 5.91 Å². The molecule has 1 amide bonds. The molecule has 0 saturated heterocycles. The lowest BCUT2D eigenvalue weighted by atomic mass is 9.99. The van der Waals surface area contributed by atoms with Gasteiger partial charge in [-0.2, -0.15) is 0 Å². The van der Waals surface area contributed by atoms with Crippen LogP contribution in [-0.2, 0) is 0 Å². The van der Waals surface area contributed by atoms with Gasteiger partial charge in [0, 0.05) is 17.0 Å². The minimum atomic E-state index is -0.144. The number of carbonyl (C=O) groups is 1. The summed E-state index contributed by atoms with van der Waals surface area (Å²) in [5.41, 5.74) is 1.53. The highest BCUT2D eigenvalue weighted by atomic mass is 16.1. The molecule has 0 unspecified atom stereocenters. The monoisotopic (exact) mass is 215 g/mol. The van der Waals surface area contributed by atoms with Crippen LogP contribution in [0.5, 0.6) is 0 Å². The normalized spacial score (nSPS) is 10.2. The SMILES string of the molecule is Cc1ccccc1C(=O)NC#CC(C)(C)C. The van der Waals surface area contributed by atoms with Crippen molar-refractivity contribution in [3.8, 4) is 12.0 Å². The van der Waals surface area contributed by atoms with Crippen LogP contribution in [0.15, 0.2) is 24.3 Å². The summed E-state index contributed by atoms with van der Waals surface area (Å²) >= 11 is 0. The second kappa shape index (κ2) is 4.85. The van der Waals surface area contributed by atoms with Gasteiger partial charge in [-0.1, -0.05) is 24.1 Å². The van der Waals surface area contributed by atoms with Crippen LogP contribution in [0, 0.1) is 24.3 Å². The second-order valence-corrected chi connectivity index (χ2v) is 4.77. The van der Waals surface area contributed by atoms with E-state index >= 15 is 0 Å². The number of hydrogen-bond acceptors (Lipinski definition) is 1. The van der Waals surface area contributed by atoms with Gasteiger partial charge in [0.1, 0.15) is 0 Å². The highest BCUT2D eigenvalue weighted by Gasteiger charge is 2.07. The summed E-state index contributed by atoms with van der Waals surface area (Å²) < 4.78 is 0. The molecule has 0 fully saturated rings. The number of aryl methyl sites for hydroxylation is 1. The van der Waals surface area contributed by atoms with E-state index < -0.39 is 0 Å². The molecular weight excluding hydrogens is 198 g/mol. The van der Waals surface area contributed by atoms with E-state index in [2.05, 4.69) is 17.3 Å². The lowest BCUT2D eigenvalue weighted by Crippen LogP contribution is -2.19. The van der Waals surface area contributed by atoms with Gasteiger partial charge in [0.2, 0.25) is 0 Å². The van der Waals surface area contributed by atoms with E-state index in [9.17, 15) is 4.79 Å². The lowest BCUT2D eigenvalue weighted by Gasteiger charge is -2.07. The molecule has 0 radical (unpaired) electrons. The summed E-state index contributed by atoms with van der Waals surface area (Å²) in [7, 11) is 0. The Morgan fingerprint density at radius 3 is 2.44 bits per heavy atom. The molecule has 2 heteroatoms. The number of hydrogen-bond donors (Lipinski definition) is 1. The molecule has 0 atom stereocenters. The van der Waals surface area contributed by atoms with E-state index in [1.54, 1.807) is 6.07 Å². The Morgan fingerprint density at radius 2 is 1.88 bits per heavy atom. The number of carbonyl (C=O) groups excluding carboxylic acids is 1. The predicted octanol–water partition coefficient (Wildman–Crippen LogP) is 2.73. The number of benzene rings is 1. The first-order valence-corrected chi connectivity index (χ1v) is 5.28. The van der Waals surface area contributed by atoms with Crippen molar-refractivity contribution in [2.75, 3.05) is 0 Å². The van der Waals surface area contributed by atoms with Crippen LogP contribution in [0.3, 0.4) is 0 Å². The molecule has 0 aliphatic rings. The Balaban J connectivity index is 2.74. The molecule has 16 heavy (non-hydrogen) atoms. The molecule has 0 spiro atoms. The van der Waals surface area contributed by atoms with E-state index in [1.807, 2.05) is 45.9 Å². The Morgan fingerprint density at radius 1 is 1.25 bits per heavy atom. The zero-order chi connectivity index (χ0) is 12.2. The van der Waals surface area contributed by atoms with E-state index in [1.165, 1.54) is 0 Å². The lowest BCUT2D eigenvalue weighted by molar-refractivity contribution is 0.0973. The predicted molar refractivity (Wildman–Crippen MR) is 65.9 cm³/mol. The fourth-order valence-corrected chi connectivity index (χ4v) is 1.17. The van der Waals surface area contributed by atoms with Crippen molar-refractivity contribution in [3.05, 3.63) is 35.4 Å². The van der Waals surface area contributed by atoms with Gasteiger partial charge in [-0.3, -0.25) is 10.1 Å². The molecule has 0 aliphatic carbocycles. The summed E-state index contributed by atoms with van der Waals surface area (Å²) in [6.07, 6.45) is 0. The Labute approximate surface area is 97.1 Å². The van der Waals surface area contributed by atoms with Gasteiger partial charge >= 0.3 is 0 Å². The van der Waals surface area contributed by atoms with Crippen LogP contribution in [0.2, 0.25) is 0 Å². The zero-order valence-corrected chi connectivity index (χ0v) is 10.2. The minimum absolute atomic E-state index is 0.0982. The third-order valence-electron chi connectivity index (χ3n) is 2.00. The molecule has 0 saturated carbocycles. The van der Waals surface area contributed by atoms with Crippen molar-refractivity contribution in [1.82, 2.24) is 5.32 Å². The highest BCUT2D eigenvalue weighted by molar-refractivity contribution is 5.96. The summed E-state index contributed by atoms with van der Waals surface area (Å²) in [6.45, 7) is 7.91. The van der Waals surface area contributed by atoms with Crippen molar-refractivity contribution in [2.45, 2.75) is 27.7 Å². The Hall–Kier alpha value is -1.75. The number of amides is 1. The van der Waals surface area contributed by atoms with Crippen LogP contribution >= 0.6 is 0 Å². The molecule has 0 aliphatic heterocycles. The number of rotatable bonds is 1. The molecule has 1 aromatic rings. The molecule has 0 bridgehead atoms. The molecule has 2 nitrogen and oxygen atoms in total. The molecular formula is C14H17NO. The topological polar surface area (TPSA) is 29.1 Å². The average Bonchev–Trinajstić information content (AvgIpc) is 2.16. The van der Waals surface area contributed by atoms with Gasteiger partial charge in [-0.15, -0.1) is 0 Å². The van der Waals surface area contributed by atoms with E-state index in [0.717, 1.165) is 5.56 Å². The Bertz CT molecular complexity index is 444. The maximum absolute atomic E-state index is 11.7. The van der Waals surface area contributed by atoms with Gasteiger partial charge in [-0.05, 0) is 39.3 Å². The first-order valence-electron chi connectivity index (χ1n) is 5.28.